The van der Waals surface area contributed by atoms with Gasteiger partial charge in [0.05, 0.1) is 6.04 Å². The summed E-state index contributed by atoms with van der Waals surface area (Å²) in [6.45, 7) is 6.67. The van der Waals surface area contributed by atoms with Crippen LogP contribution in [0.5, 0.6) is 0 Å². The summed E-state index contributed by atoms with van der Waals surface area (Å²) in [5, 5.41) is 0.662. The van der Waals surface area contributed by atoms with Crippen molar-refractivity contribution in [2.24, 2.45) is 5.73 Å². The molecule has 1 aromatic carbocycles. The summed E-state index contributed by atoms with van der Waals surface area (Å²) in [6.07, 6.45) is 0.916. The Kier molecular flexibility index (Phi) is 4.86. The number of hydrogen-bond donors (Lipinski definition) is 1. The van der Waals surface area contributed by atoms with Crippen LogP contribution < -0.4 is 11.3 Å². The number of nitrogens with zero attached hydrogens (tertiary/aromatic N) is 1. The Hall–Kier alpha value is -1.58. The van der Waals surface area contributed by atoms with E-state index in [-0.39, 0.29) is 5.56 Å². The molecule has 0 fully saturated rings. The van der Waals surface area contributed by atoms with Gasteiger partial charge >= 0.3 is 0 Å². The molecule has 0 aliphatic carbocycles. The zero-order chi connectivity index (χ0) is 15.6. The number of halogens is 1. The van der Waals surface area contributed by atoms with Crippen LogP contribution in [0.3, 0.4) is 0 Å². The van der Waals surface area contributed by atoms with Crippen LogP contribution in [0.1, 0.15) is 41.8 Å². The van der Waals surface area contributed by atoms with Crippen molar-refractivity contribution in [3.8, 4) is 0 Å². The molecule has 1 aromatic heterocycles. The lowest BCUT2D eigenvalue weighted by Gasteiger charge is -2.18. The molecular formula is C17H21ClN2O. The van der Waals surface area contributed by atoms with Crippen LogP contribution in [0.25, 0.3) is 0 Å². The number of rotatable bonds is 4. The van der Waals surface area contributed by atoms with Crippen molar-refractivity contribution in [3.63, 3.8) is 0 Å². The van der Waals surface area contributed by atoms with Crippen LogP contribution in [-0.2, 0) is 6.54 Å². The van der Waals surface area contributed by atoms with E-state index in [0.29, 0.717) is 17.1 Å². The molecule has 2 rings (SSSR count). The Bertz CT molecular complexity index is 689. The van der Waals surface area contributed by atoms with Crippen molar-refractivity contribution in [3.05, 3.63) is 68.1 Å². The maximum Gasteiger partial charge on any atom is 0.256 e. The Morgan fingerprint density at radius 3 is 2.43 bits per heavy atom. The van der Waals surface area contributed by atoms with E-state index in [2.05, 4.69) is 6.92 Å². The Morgan fingerprint density at radius 1 is 1.24 bits per heavy atom. The summed E-state index contributed by atoms with van der Waals surface area (Å²) >= 11 is 5.91. The minimum absolute atomic E-state index is 0.0109. The molecule has 0 aliphatic rings. The molecule has 0 aliphatic heterocycles. The maximum absolute atomic E-state index is 12.7. The highest BCUT2D eigenvalue weighted by Gasteiger charge is 2.18. The molecule has 0 bridgehead atoms. The van der Waals surface area contributed by atoms with Gasteiger partial charge in [0, 0.05) is 22.8 Å². The van der Waals surface area contributed by atoms with Crippen LogP contribution in [0.15, 0.2) is 35.1 Å². The van der Waals surface area contributed by atoms with Crippen molar-refractivity contribution in [2.45, 2.75) is 39.8 Å². The molecule has 4 heteroatoms. The summed E-state index contributed by atoms with van der Waals surface area (Å²) in [7, 11) is 0. The van der Waals surface area contributed by atoms with Gasteiger partial charge in [0.1, 0.15) is 0 Å². The number of hydrogen-bond acceptors (Lipinski definition) is 2. The summed E-state index contributed by atoms with van der Waals surface area (Å²) in [6, 6.07) is 8.93. The lowest BCUT2D eigenvalue weighted by Crippen LogP contribution is -2.31. The lowest BCUT2D eigenvalue weighted by atomic mass is 9.96. The first-order valence-electron chi connectivity index (χ1n) is 7.17. The smallest absolute Gasteiger partial charge is 0.256 e. The molecule has 21 heavy (non-hydrogen) atoms. The van der Waals surface area contributed by atoms with Crippen molar-refractivity contribution < 1.29 is 0 Å². The Labute approximate surface area is 130 Å². The predicted molar refractivity (Wildman–Crippen MR) is 87.9 cm³/mol. The second kappa shape index (κ2) is 6.46. The summed E-state index contributed by atoms with van der Waals surface area (Å²) < 4.78 is 1.80. The molecular weight excluding hydrogens is 284 g/mol. The van der Waals surface area contributed by atoms with E-state index in [4.69, 9.17) is 17.3 Å². The second-order valence-electron chi connectivity index (χ2n) is 5.37. The van der Waals surface area contributed by atoms with Crippen LogP contribution in [0, 0.1) is 13.8 Å². The highest BCUT2D eigenvalue weighted by molar-refractivity contribution is 6.30. The molecule has 3 nitrogen and oxygen atoms in total. The first-order valence-corrected chi connectivity index (χ1v) is 7.55. The van der Waals surface area contributed by atoms with Crippen molar-refractivity contribution in [1.29, 1.82) is 0 Å². The SMILES string of the molecule is CCCn1c(C)cc(C)c(C(N)c2ccc(Cl)cc2)c1=O. The summed E-state index contributed by atoms with van der Waals surface area (Å²) in [5.41, 5.74) is 9.81. The van der Waals surface area contributed by atoms with E-state index in [0.717, 1.165) is 23.2 Å². The van der Waals surface area contributed by atoms with Gasteiger partial charge in [0.2, 0.25) is 0 Å². The molecule has 0 spiro atoms. The third kappa shape index (κ3) is 3.20. The summed E-state index contributed by atoms with van der Waals surface area (Å²) in [5.74, 6) is 0. The third-order valence-electron chi connectivity index (χ3n) is 3.74. The summed E-state index contributed by atoms with van der Waals surface area (Å²) in [4.78, 5) is 12.7. The number of pyridine rings is 1. The van der Waals surface area contributed by atoms with E-state index < -0.39 is 6.04 Å². The van der Waals surface area contributed by atoms with Gasteiger partial charge in [0.15, 0.2) is 0 Å². The number of nitrogens with two attached hydrogens (primary N) is 1. The first kappa shape index (κ1) is 15.8. The minimum atomic E-state index is -0.432. The van der Waals surface area contributed by atoms with E-state index in [9.17, 15) is 4.79 Å². The molecule has 2 aromatic rings. The number of aromatic nitrogens is 1. The Morgan fingerprint density at radius 2 is 1.86 bits per heavy atom. The van der Waals surface area contributed by atoms with Gasteiger partial charge in [-0.15, -0.1) is 0 Å². The molecule has 1 atom stereocenters. The van der Waals surface area contributed by atoms with Gasteiger partial charge in [-0.3, -0.25) is 4.79 Å². The van der Waals surface area contributed by atoms with Gasteiger partial charge < -0.3 is 10.3 Å². The molecule has 112 valence electrons. The maximum atomic E-state index is 12.7. The van der Waals surface area contributed by atoms with Crippen LogP contribution >= 0.6 is 11.6 Å². The van der Waals surface area contributed by atoms with Gasteiger partial charge in [-0.1, -0.05) is 30.7 Å². The van der Waals surface area contributed by atoms with Crippen LogP contribution in [0.4, 0.5) is 0 Å². The molecule has 0 radical (unpaired) electrons. The van der Waals surface area contributed by atoms with Gasteiger partial charge in [-0.05, 0) is 49.6 Å². The Balaban J connectivity index is 2.55. The fourth-order valence-electron chi connectivity index (χ4n) is 2.66. The van der Waals surface area contributed by atoms with Gasteiger partial charge in [0.25, 0.3) is 5.56 Å². The fourth-order valence-corrected chi connectivity index (χ4v) is 2.79. The monoisotopic (exact) mass is 304 g/mol. The first-order chi connectivity index (χ1) is 9.95. The molecule has 2 N–H and O–H groups in total. The standard InChI is InChI=1S/C17H21ClN2O/c1-4-9-20-12(3)10-11(2)15(17(20)21)16(19)13-5-7-14(18)8-6-13/h5-8,10,16H,4,9,19H2,1-3H3. The molecule has 0 amide bonds. The van der Waals surface area contributed by atoms with E-state index >= 15 is 0 Å². The number of aryl methyl sites for hydroxylation is 2. The van der Waals surface area contributed by atoms with Gasteiger partial charge in [-0.2, -0.15) is 0 Å². The van der Waals surface area contributed by atoms with Crippen molar-refractivity contribution in [1.82, 2.24) is 4.57 Å². The molecule has 1 heterocycles. The predicted octanol–water partition coefficient (Wildman–Crippen LogP) is 3.58. The second-order valence-corrected chi connectivity index (χ2v) is 5.80. The largest absolute Gasteiger partial charge is 0.320 e. The molecule has 0 saturated heterocycles. The quantitative estimate of drug-likeness (QED) is 0.938. The molecule has 1 unspecified atom stereocenters. The van der Waals surface area contributed by atoms with Crippen molar-refractivity contribution in [2.75, 3.05) is 0 Å². The van der Waals surface area contributed by atoms with E-state index in [1.807, 2.05) is 32.0 Å². The van der Waals surface area contributed by atoms with E-state index in [1.54, 1.807) is 16.7 Å². The van der Waals surface area contributed by atoms with E-state index in [1.165, 1.54) is 0 Å². The fraction of sp³-hybridized carbons (Fsp3) is 0.353. The lowest BCUT2D eigenvalue weighted by molar-refractivity contribution is 0.621. The minimum Gasteiger partial charge on any atom is -0.320 e. The van der Waals surface area contributed by atoms with Gasteiger partial charge in [-0.25, -0.2) is 0 Å². The highest BCUT2D eigenvalue weighted by Crippen LogP contribution is 2.22. The topological polar surface area (TPSA) is 48.0 Å². The van der Waals surface area contributed by atoms with Crippen LogP contribution in [0.2, 0.25) is 5.02 Å². The normalized spacial score (nSPS) is 12.4. The average Bonchev–Trinajstić information content (AvgIpc) is 2.44. The third-order valence-corrected chi connectivity index (χ3v) is 3.99. The number of benzene rings is 1. The highest BCUT2D eigenvalue weighted by atomic mass is 35.5. The zero-order valence-corrected chi connectivity index (χ0v) is 13.4. The zero-order valence-electron chi connectivity index (χ0n) is 12.7. The van der Waals surface area contributed by atoms with Crippen LogP contribution in [-0.4, -0.2) is 4.57 Å². The average molecular weight is 305 g/mol. The van der Waals surface area contributed by atoms with Crippen molar-refractivity contribution >= 4 is 11.6 Å². The molecule has 0 saturated carbocycles.